The van der Waals surface area contributed by atoms with Crippen LogP contribution in [-0.2, 0) is 14.3 Å². The van der Waals surface area contributed by atoms with Gasteiger partial charge in [0.2, 0.25) is 0 Å². The maximum absolute atomic E-state index is 15.1. The van der Waals surface area contributed by atoms with Crippen molar-refractivity contribution >= 4 is 46.8 Å². The van der Waals surface area contributed by atoms with Crippen LogP contribution in [0, 0.1) is 5.82 Å². The molecule has 2 fully saturated rings. The van der Waals surface area contributed by atoms with Crippen LogP contribution in [0.15, 0.2) is 47.1 Å². The highest BCUT2D eigenvalue weighted by Gasteiger charge is 2.33. The summed E-state index contributed by atoms with van der Waals surface area (Å²) in [5.41, 5.74) is 3.87. The van der Waals surface area contributed by atoms with E-state index in [9.17, 15) is 9.59 Å². The Labute approximate surface area is 207 Å². The number of hydrogen-bond donors (Lipinski definition) is 2. The van der Waals surface area contributed by atoms with Gasteiger partial charge in [0.25, 0.3) is 11.1 Å². The second-order valence-electron chi connectivity index (χ2n) is 7.86. The van der Waals surface area contributed by atoms with Crippen molar-refractivity contribution in [3.8, 4) is 0 Å². The second kappa shape index (κ2) is 11.2. The van der Waals surface area contributed by atoms with Gasteiger partial charge >= 0.3 is 6.09 Å². The Hall–Kier alpha value is -3.64. The van der Waals surface area contributed by atoms with Gasteiger partial charge in [-0.3, -0.25) is 14.7 Å². The number of hydrazine groups is 1. The van der Waals surface area contributed by atoms with Crippen LogP contribution in [0.4, 0.5) is 20.6 Å². The predicted molar refractivity (Wildman–Crippen MR) is 131 cm³/mol. The second-order valence-corrected chi connectivity index (χ2v) is 8.23. The highest BCUT2D eigenvalue weighted by Crippen LogP contribution is 2.28. The van der Waals surface area contributed by atoms with Gasteiger partial charge in [-0.1, -0.05) is 0 Å². The molecule has 2 amide bonds. The van der Waals surface area contributed by atoms with E-state index in [4.69, 9.17) is 26.1 Å². The molecule has 10 nitrogen and oxygen atoms in total. The van der Waals surface area contributed by atoms with Gasteiger partial charge < -0.3 is 24.1 Å². The zero-order chi connectivity index (χ0) is 24.8. The molecule has 1 aromatic heterocycles. The molecule has 0 spiro atoms. The largest absolute Gasteiger partial charge is 0.474 e. The summed E-state index contributed by atoms with van der Waals surface area (Å²) in [5.74, 6) is -0.100. The molecule has 0 radical (unpaired) electrons. The fourth-order valence-electron chi connectivity index (χ4n) is 3.82. The van der Waals surface area contributed by atoms with E-state index in [1.807, 2.05) is 4.90 Å². The summed E-state index contributed by atoms with van der Waals surface area (Å²) in [4.78, 5) is 28.0. The number of nitrogens with zero attached hydrogens (tertiary/aromatic N) is 3. The number of carbonyl (C=O) groups excluding carboxylic acids is 2. The standard InChI is InChI=1S/C23H26FN5O5S/c1-32-22(35)25-14-18-15-28(23(31)34-18)16-4-6-20(19(24)13-16)27-9-8-26-29(11-10-27)21(30)7-5-17-3-2-12-33-17/h2-7,12-13,18,26H,8-11,14-15H2,1H3,(H,25,35)/b7-5+/t18-/m0/s1. The van der Waals surface area contributed by atoms with Crippen LogP contribution in [0.3, 0.4) is 0 Å². The number of furan rings is 1. The molecule has 2 aliphatic rings. The van der Waals surface area contributed by atoms with Crippen molar-refractivity contribution in [1.82, 2.24) is 15.8 Å². The van der Waals surface area contributed by atoms with Gasteiger partial charge in [-0.2, -0.15) is 0 Å². The van der Waals surface area contributed by atoms with E-state index < -0.39 is 18.0 Å². The molecule has 0 unspecified atom stereocenters. The Morgan fingerprint density at radius 3 is 2.94 bits per heavy atom. The Morgan fingerprint density at radius 1 is 1.34 bits per heavy atom. The van der Waals surface area contributed by atoms with E-state index >= 15 is 4.39 Å². The number of amides is 2. The number of cyclic esters (lactones) is 1. The lowest BCUT2D eigenvalue weighted by Crippen LogP contribution is -2.42. The molecule has 3 heterocycles. The fourth-order valence-corrected chi connectivity index (χ4v) is 3.90. The summed E-state index contributed by atoms with van der Waals surface area (Å²) in [6, 6.07) is 8.14. The number of thiocarbonyl (C=S) groups is 1. The van der Waals surface area contributed by atoms with E-state index in [2.05, 4.69) is 10.7 Å². The number of rotatable bonds is 6. The first-order chi connectivity index (χ1) is 16.9. The molecule has 1 aromatic carbocycles. The molecule has 0 aliphatic carbocycles. The van der Waals surface area contributed by atoms with Crippen molar-refractivity contribution in [2.24, 2.45) is 0 Å². The molecule has 2 saturated heterocycles. The maximum atomic E-state index is 15.1. The minimum absolute atomic E-state index is 0.204. The summed E-state index contributed by atoms with van der Waals surface area (Å²) in [7, 11) is 1.45. The molecule has 1 atom stereocenters. The zero-order valence-corrected chi connectivity index (χ0v) is 19.9. The highest BCUT2D eigenvalue weighted by atomic mass is 32.1. The van der Waals surface area contributed by atoms with Crippen LogP contribution in [-0.4, -0.2) is 74.7 Å². The third-order valence-corrected chi connectivity index (χ3v) is 5.91. The van der Waals surface area contributed by atoms with Gasteiger partial charge in [-0.15, -0.1) is 0 Å². The Bertz CT molecular complexity index is 1100. The lowest BCUT2D eigenvalue weighted by atomic mass is 10.2. The quantitative estimate of drug-likeness (QED) is 0.454. The minimum Gasteiger partial charge on any atom is -0.474 e. The van der Waals surface area contributed by atoms with Crippen molar-refractivity contribution in [2.45, 2.75) is 6.10 Å². The van der Waals surface area contributed by atoms with Crippen molar-refractivity contribution < 1.29 is 27.9 Å². The molecule has 2 aliphatic heterocycles. The molecule has 2 N–H and O–H groups in total. The molecule has 0 saturated carbocycles. The topological polar surface area (TPSA) is 99.5 Å². The monoisotopic (exact) mass is 503 g/mol. The first-order valence-electron chi connectivity index (χ1n) is 11.1. The normalized spacial score (nSPS) is 18.5. The van der Waals surface area contributed by atoms with Gasteiger partial charge in [0.15, 0.2) is 0 Å². The number of ether oxygens (including phenoxy) is 2. The number of carbonyl (C=O) groups is 2. The SMILES string of the molecule is COC(=S)NC[C@H]1CN(c2ccc(N3CCNN(C(=O)/C=C/c4ccco4)CC3)c(F)c2)C(=O)O1. The molecule has 4 rings (SSSR count). The highest BCUT2D eigenvalue weighted by molar-refractivity contribution is 7.80. The third-order valence-electron chi connectivity index (χ3n) is 5.59. The Balaban J connectivity index is 1.35. The van der Waals surface area contributed by atoms with E-state index in [1.165, 1.54) is 35.4 Å². The molecule has 35 heavy (non-hydrogen) atoms. The first kappa shape index (κ1) is 24.5. The van der Waals surface area contributed by atoms with Crippen LogP contribution in [0.1, 0.15) is 5.76 Å². The summed E-state index contributed by atoms with van der Waals surface area (Å²) in [6.07, 6.45) is 3.56. The molecule has 186 valence electrons. The molecule has 0 bridgehead atoms. The van der Waals surface area contributed by atoms with Gasteiger partial charge in [0, 0.05) is 25.7 Å². The van der Waals surface area contributed by atoms with Gasteiger partial charge in [0.1, 0.15) is 17.7 Å². The number of methoxy groups -OCH3 is 1. The summed E-state index contributed by atoms with van der Waals surface area (Å²) < 4.78 is 30.5. The van der Waals surface area contributed by atoms with Gasteiger partial charge in [-0.05, 0) is 48.6 Å². The fraction of sp³-hybridized carbons (Fsp3) is 0.348. The first-order valence-corrected chi connectivity index (χ1v) is 11.5. The zero-order valence-electron chi connectivity index (χ0n) is 19.1. The van der Waals surface area contributed by atoms with E-state index in [0.29, 0.717) is 49.9 Å². The molecule has 12 heteroatoms. The molecular weight excluding hydrogens is 477 g/mol. The lowest BCUT2D eigenvalue weighted by molar-refractivity contribution is -0.128. The number of benzene rings is 1. The molecule has 2 aromatic rings. The van der Waals surface area contributed by atoms with Crippen molar-refractivity contribution in [3.05, 3.63) is 54.2 Å². The van der Waals surface area contributed by atoms with E-state index in [0.717, 1.165) is 0 Å². The maximum Gasteiger partial charge on any atom is 0.414 e. The van der Waals surface area contributed by atoms with E-state index in [1.54, 1.807) is 30.3 Å². The summed E-state index contributed by atoms with van der Waals surface area (Å²) in [5, 5.41) is 4.54. The minimum atomic E-state index is -0.553. The lowest BCUT2D eigenvalue weighted by Gasteiger charge is -2.24. The molecular formula is C23H26FN5O5S. The van der Waals surface area contributed by atoms with Crippen molar-refractivity contribution in [1.29, 1.82) is 0 Å². The summed E-state index contributed by atoms with van der Waals surface area (Å²) >= 11 is 4.92. The van der Waals surface area contributed by atoms with Crippen LogP contribution in [0.25, 0.3) is 6.08 Å². The number of halogens is 1. The van der Waals surface area contributed by atoms with Crippen LogP contribution in [0.5, 0.6) is 0 Å². The van der Waals surface area contributed by atoms with Gasteiger partial charge in [-0.25, -0.2) is 14.6 Å². The van der Waals surface area contributed by atoms with Crippen LogP contribution in [0.2, 0.25) is 0 Å². The van der Waals surface area contributed by atoms with Gasteiger partial charge in [0.05, 0.1) is 44.4 Å². The van der Waals surface area contributed by atoms with Crippen LogP contribution < -0.4 is 20.5 Å². The predicted octanol–water partition coefficient (Wildman–Crippen LogP) is 2.13. The average Bonchev–Trinajstić information content (AvgIpc) is 3.44. The Kier molecular flexibility index (Phi) is 7.83. The smallest absolute Gasteiger partial charge is 0.414 e. The Morgan fingerprint density at radius 2 is 2.20 bits per heavy atom. The third kappa shape index (κ3) is 6.08. The van der Waals surface area contributed by atoms with Crippen molar-refractivity contribution in [2.75, 3.05) is 56.2 Å². The summed E-state index contributed by atoms with van der Waals surface area (Å²) in [6.45, 7) is 2.30. The number of hydrogen-bond acceptors (Lipinski definition) is 8. The average molecular weight is 504 g/mol. The van der Waals surface area contributed by atoms with E-state index in [-0.39, 0.29) is 17.6 Å². The number of anilines is 2. The van der Waals surface area contributed by atoms with Crippen LogP contribution >= 0.6 is 12.2 Å². The van der Waals surface area contributed by atoms with Crippen molar-refractivity contribution in [3.63, 3.8) is 0 Å². The number of nitrogens with one attached hydrogen (secondary N) is 2.